The van der Waals surface area contributed by atoms with Crippen LogP contribution in [-0.2, 0) is 20.9 Å². The Hall–Kier alpha value is -4.12. The number of esters is 1. The van der Waals surface area contributed by atoms with Crippen molar-refractivity contribution < 1.29 is 19.1 Å². The number of hydrogen-bond acceptors (Lipinski definition) is 4. The maximum atomic E-state index is 13.5. The highest BCUT2D eigenvalue weighted by atomic mass is 16.5. The third-order valence-electron chi connectivity index (χ3n) is 5.35. The van der Waals surface area contributed by atoms with Crippen molar-refractivity contribution in [2.75, 3.05) is 11.5 Å². The number of benzene rings is 3. The maximum Gasteiger partial charge on any atom is 0.340 e. The summed E-state index contributed by atoms with van der Waals surface area (Å²) in [5, 5.41) is 0. The molecule has 3 aromatic carbocycles. The van der Waals surface area contributed by atoms with Gasteiger partial charge in [-0.05, 0) is 43.7 Å². The summed E-state index contributed by atoms with van der Waals surface area (Å²) in [6.07, 6.45) is 1.71. The van der Waals surface area contributed by atoms with Gasteiger partial charge in [-0.1, -0.05) is 66.7 Å². The number of carbonyl (C=O) groups excluding carboxylic acids is 2. The summed E-state index contributed by atoms with van der Waals surface area (Å²) in [4.78, 5) is 27.9. The van der Waals surface area contributed by atoms with Crippen LogP contribution < -0.4 is 9.64 Å². The number of hydrogen-bond donors (Lipinski definition) is 0. The summed E-state index contributed by atoms with van der Waals surface area (Å²) in [6.45, 7) is 4.12. The molecule has 0 fully saturated rings. The highest BCUT2D eigenvalue weighted by Crippen LogP contribution is 2.36. The van der Waals surface area contributed by atoms with E-state index in [4.69, 9.17) is 9.47 Å². The number of carbonyl (C=O) groups is 2. The Bertz CT molecular complexity index is 1210. The van der Waals surface area contributed by atoms with Gasteiger partial charge in [-0.15, -0.1) is 0 Å². The van der Waals surface area contributed by atoms with E-state index in [9.17, 15) is 9.59 Å². The van der Waals surface area contributed by atoms with Gasteiger partial charge in [0.2, 0.25) is 0 Å². The molecule has 0 aliphatic carbocycles. The van der Waals surface area contributed by atoms with Crippen molar-refractivity contribution in [3.8, 4) is 5.75 Å². The molecule has 0 atom stereocenters. The number of amides is 1. The van der Waals surface area contributed by atoms with E-state index in [2.05, 4.69) is 0 Å². The van der Waals surface area contributed by atoms with Gasteiger partial charge < -0.3 is 9.47 Å². The number of anilines is 1. The lowest BCUT2D eigenvalue weighted by molar-refractivity contribution is -0.138. The van der Waals surface area contributed by atoms with Gasteiger partial charge in [0.25, 0.3) is 5.91 Å². The zero-order valence-corrected chi connectivity index (χ0v) is 18.7. The SMILES string of the molecule is CCOC(=O)C1=C(C)N(c2ccccc2)C(=O)/C1=C\c1ccccc1OCc1ccccc1. The van der Waals surface area contributed by atoms with Crippen LogP contribution in [0.2, 0.25) is 0 Å². The van der Waals surface area contributed by atoms with Crippen molar-refractivity contribution in [1.29, 1.82) is 0 Å². The van der Waals surface area contributed by atoms with E-state index in [1.54, 1.807) is 24.8 Å². The first-order chi connectivity index (χ1) is 16.1. The van der Waals surface area contributed by atoms with Crippen molar-refractivity contribution in [2.24, 2.45) is 0 Å². The van der Waals surface area contributed by atoms with E-state index >= 15 is 0 Å². The molecule has 1 aliphatic rings. The third kappa shape index (κ3) is 4.72. The molecular weight excluding hydrogens is 414 g/mol. The van der Waals surface area contributed by atoms with E-state index in [1.807, 2.05) is 84.9 Å². The van der Waals surface area contributed by atoms with Gasteiger partial charge in [0.05, 0.1) is 17.8 Å². The van der Waals surface area contributed by atoms with Crippen LogP contribution in [0.4, 0.5) is 5.69 Å². The minimum absolute atomic E-state index is 0.221. The van der Waals surface area contributed by atoms with Gasteiger partial charge in [-0.25, -0.2) is 4.79 Å². The fourth-order valence-corrected chi connectivity index (χ4v) is 3.79. The fraction of sp³-hybridized carbons (Fsp3) is 0.143. The Morgan fingerprint density at radius 3 is 2.24 bits per heavy atom. The van der Waals surface area contributed by atoms with Gasteiger partial charge in [0, 0.05) is 16.9 Å². The van der Waals surface area contributed by atoms with Crippen molar-refractivity contribution in [3.63, 3.8) is 0 Å². The van der Waals surface area contributed by atoms with Crippen molar-refractivity contribution >= 4 is 23.6 Å². The first-order valence-electron chi connectivity index (χ1n) is 10.9. The molecule has 5 heteroatoms. The molecule has 1 aliphatic heterocycles. The van der Waals surface area contributed by atoms with Crippen molar-refractivity contribution in [2.45, 2.75) is 20.5 Å². The lowest BCUT2D eigenvalue weighted by Crippen LogP contribution is -2.24. The van der Waals surface area contributed by atoms with Gasteiger partial charge in [0.1, 0.15) is 12.4 Å². The molecule has 33 heavy (non-hydrogen) atoms. The number of nitrogens with zero attached hydrogens (tertiary/aromatic N) is 1. The highest BCUT2D eigenvalue weighted by molar-refractivity contribution is 6.23. The molecule has 5 nitrogen and oxygen atoms in total. The van der Waals surface area contributed by atoms with Crippen molar-refractivity contribution in [3.05, 3.63) is 113 Å². The average Bonchev–Trinajstić information content (AvgIpc) is 3.09. The van der Waals surface area contributed by atoms with E-state index in [0.717, 1.165) is 5.56 Å². The van der Waals surface area contributed by atoms with Crippen LogP contribution in [0, 0.1) is 0 Å². The molecule has 4 rings (SSSR count). The molecule has 0 unspecified atom stereocenters. The molecule has 1 heterocycles. The molecular formula is C28H25NO4. The molecule has 166 valence electrons. The Labute approximate surface area is 193 Å². The number of ether oxygens (including phenoxy) is 2. The summed E-state index contributed by atoms with van der Waals surface area (Å²) in [7, 11) is 0. The minimum atomic E-state index is -0.518. The van der Waals surface area contributed by atoms with E-state index in [-0.39, 0.29) is 23.7 Å². The largest absolute Gasteiger partial charge is 0.488 e. The number of para-hydroxylation sites is 2. The Balaban J connectivity index is 1.73. The van der Waals surface area contributed by atoms with Crippen LogP contribution in [0.15, 0.2) is 102 Å². The van der Waals surface area contributed by atoms with Crippen molar-refractivity contribution in [1.82, 2.24) is 0 Å². The second kappa shape index (κ2) is 10.0. The molecule has 0 saturated carbocycles. The molecule has 0 bridgehead atoms. The lowest BCUT2D eigenvalue weighted by Gasteiger charge is -2.17. The lowest BCUT2D eigenvalue weighted by atomic mass is 10.0. The molecule has 0 saturated heterocycles. The normalized spacial score (nSPS) is 14.7. The van der Waals surface area contributed by atoms with Crippen LogP contribution in [0.25, 0.3) is 6.08 Å². The quantitative estimate of drug-likeness (QED) is 0.359. The van der Waals surface area contributed by atoms with Crippen LogP contribution in [0.3, 0.4) is 0 Å². The molecule has 0 spiro atoms. The van der Waals surface area contributed by atoms with E-state index in [1.165, 1.54) is 0 Å². The van der Waals surface area contributed by atoms with Gasteiger partial charge in [0.15, 0.2) is 0 Å². The second-order valence-corrected chi connectivity index (χ2v) is 7.53. The van der Waals surface area contributed by atoms with Gasteiger partial charge in [-0.2, -0.15) is 0 Å². The Morgan fingerprint density at radius 2 is 1.55 bits per heavy atom. The molecule has 0 aromatic heterocycles. The minimum Gasteiger partial charge on any atom is -0.488 e. The molecule has 0 radical (unpaired) electrons. The first-order valence-corrected chi connectivity index (χ1v) is 10.9. The highest BCUT2D eigenvalue weighted by Gasteiger charge is 2.38. The van der Waals surface area contributed by atoms with Crippen LogP contribution in [-0.4, -0.2) is 18.5 Å². The predicted molar refractivity (Wildman–Crippen MR) is 128 cm³/mol. The topological polar surface area (TPSA) is 55.8 Å². The van der Waals surface area contributed by atoms with Gasteiger partial charge in [-0.3, -0.25) is 9.69 Å². The average molecular weight is 440 g/mol. The third-order valence-corrected chi connectivity index (χ3v) is 5.35. The second-order valence-electron chi connectivity index (χ2n) is 7.53. The summed E-state index contributed by atoms with van der Waals surface area (Å²) in [6, 6.07) is 26.6. The fourth-order valence-electron chi connectivity index (χ4n) is 3.79. The molecule has 0 N–H and O–H groups in total. The summed E-state index contributed by atoms with van der Waals surface area (Å²) in [5.41, 5.74) is 3.53. The van der Waals surface area contributed by atoms with E-state index in [0.29, 0.717) is 29.3 Å². The van der Waals surface area contributed by atoms with Crippen LogP contribution in [0.1, 0.15) is 25.0 Å². The Kier molecular flexibility index (Phi) is 6.69. The first kappa shape index (κ1) is 22.1. The number of allylic oxidation sites excluding steroid dienone is 1. The van der Waals surface area contributed by atoms with Crippen LogP contribution in [0.5, 0.6) is 5.75 Å². The monoisotopic (exact) mass is 439 g/mol. The maximum absolute atomic E-state index is 13.5. The van der Waals surface area contributed by atoms with Gasteiger partial charge >= 0.3 is 5.97 Å². The number of rotatable bonds is 7. The summed E-state index contributed by atoms with van der Waals surface area (Å²) in [5.74, 6) is -0.170. The zero-order chi connectivity index (χ0) is 23.2. The van der Waals surface area contributed by atoms with E-state index < -0.39 is 5.97 Å². The predicted octanol–water partition coefficient (Wildman–Crippen LogP) is 5.53. The Morgan fingerprint density at radius 1 is 0.909 bits per heavy atom. The summed E-state index contributed by atoms with van der Waals surface area (Å²) >= 11 is 0. The van der Waals surface area contributed by atoms with Crippen LogP contribution >= 0.6 is 0 Å². The molecule has 3 aromatic rings. The summed E-state index contributed by atoms with van der Waals surface area (Å²) < 4.78 is 11.3. The smallest absolute Gasteiger partial charge is 0.340 e. The molecule has 1 amide bonds. The standard InChI is InChI=1S/C28H25NO4/c1-3-32-28(31)26-20(2)29(23-15-8-5-9-16-23)27(30)24(26)18-22-14-10-11-17-25(22)33-19-21-12-6-4-7-13-21/h4-18H,3,19H2,1-2H3/b24-18-. The zero-order valence-electron chi connectivity index (χ0n) is 18.7.